The second-order valence-corrected chi connectivity index (χ2v) is 25.0. The minimum Gasteiger partial charge on any atom is -0.544 e. The van der Waals surface area contributed by atoms with Crippen molar-refractivity contribution in [2.45, 2.75) is 83.7 Å². The molecule has 0 bridgehead atoms. The minimum atomic E-state index is -2.29. The number of nitrogens with one attached hydrogen (secondary N) is 1. The number of benzene rings is 3. The lowest BCUT2D eigenvalue weighted by atomic mass is 9.89. The second kappa shape index (κ2) is 16.2. The lowest BCUT2D eigenvalue weighted by Crippen LogP contribution is -2.44. The van der Waals surface area contributed by atoms with Crippen LogP contribution in [0, 0.1) is 0 Å². The molecule has 3 aromatic carbocycles. The fourth-order valence-corrected chi connectivity index (χ4v) is 6.71. The smallest absolute Gasteiger partial charge is 0.328 e. The van der Waals surface area contributed by atoms with Gasteiger partial charge in [0.25, 0.3) is 0 Å². The van der Waals surface area contributed by atoms with Gasteiger partial charge in [0.05, 0.1) is 14.2 Å². The highest BCUT2D eigenvalue weighted by molar-refractivity contribution is 6.75. The number of rotatable bonds is 14. The van der Waals surface area contributed by atoms with Crippen molar-refractivity contribution in [1.29, 1.82) is 0 Å². The van der Waals surface area contributed by atoms with Gasteiger partial charge in [-0.1, -0.05) is 65.8 Å². The van der Waals surface area contributed by atoms with Gasteiger partial charge in [0.15, 0.2) is 11.5 Å². The molecule has 8 nitrogen and oxygen atoms in total. The fraction of sp³-hybridized carbons (Fsp3) is 0.400. The summed E-state index contributed by atoms with van der Waals surface area (Å²) >= 11 is 0. The first-order valence-electron chi connectivity index (χ1n) is 16.9. The molecule has 0 aliphatic heterocycles. The van der Waals surface area contributed by atoms with Crippen LogP contribution in [0.25, 0.3) is 12.2 Å². The van der Waals surface area contributed by atoms with E-state index in [1.54, 1.807) is 26.4 Å². The Hall–Kier alpha value is -4.29. The summed E-state index contributed by atoms with van der Waals surface area (Å²) in [5.41, 5.74) is 3.25. The molecule has 0 saturated heterocycles. The summed E-state index contributed by atoms with van der Waals surface area (Å²) in [6.45, 7) is 22.2. The maximum absolute atomic E-state index is 13.3. The van der Waals surface area contributed by atoms with Gasteiger partial charge in [0.2, 0.25) is 22.5 Å². The molecule has 0 heterocycles. The van der Waals surface area contributed by atoms with Crippen molar-refractivity contribution in [2.75, 3.05) is 20.8 Å². The van der Waals surface area contributed by atoms with Crippen LogP contribution >= 0.6 is 0 Å². The monoisotopic (exact) mass is 717 g/mol. The molecule has 1 unspecified atom stereocenters. The van der Waals surface area contributed by atoms with Crippen LogP contribution in [0.1, 0.15) is 69.7 Å². The van der Waals surface area contributed by atoms with Gasteiger partial charge < -0.3 is 28.7 Å². The lowest BCUT2D eigenvalue weighted by molar-refractivity contribution is -0.131. The van der Waals surface area contributed by atoms with Crippen molar-refractivity contribution in [1.82, 2.24) is 5.32 Å². The van der Waals surface area contributed by atoms with Gasteiger partial charge in [0, 0.05) is 30.2 Å². The van der Waals surface area contributed by atoms with Gasteiger partial charge in [0.1, 0.15) is 11.5 Å². The zero-order valence-electron chi connectivity index (χ0n) is 31.8. The van der Waals surface area contributed by atoms with E-state index in [1.165, 1.54) is 6.08 Å². The molecule has 0 radical (unpaired) electrons. The van der Waals surface area contributed by atoms with E-state index < -0.39 is 22.6 Å². The first-order valence-corrected chi connectivity index (χ1v) is 22.7. The van der Waals surface area contributed by atoms with E-state index in [0.717, 1.165) is 28.5 Å². The quantitative estimate of drug-likeness (QED) is 0.126. The van der Waals surface area contributed by atoms with Crippen molar-refractivity contribution < 1.29 is 33.0 Å². The number of ether oxygens (including phenoxy) is 2. The van der Waals surface area contributed by atoms with Gasteiger partial charge >= 0.3 is 5.97 Å². The largest absolute Gasteiger partial charge is 0.544 e. The molecule has 1 atom stereocenters. The molecule has 0 aromatic heterocycles. The average molecular weight is 718 g/mol. The number of amides is 1. The Morgan fingerprint density at radius 3 is 1.82 bits per heavy atom. The zero-order valence-corrected chi connectivity index (χ0v) is 33.8. The van der Waals surface area contributed by atoms with Gasteiger partial charge in [-0.25, -0.2) is 4.79 Å². The summed E-state index contributed by atoms with van der Waals surface area (Å²) in [5.74, 6) is 0.972. The highest BCUT2D eigenvalue weighted by Crippen LogP contribution is 2.42. The number of carbonyl (C=O) groups is 2. The summed E-state index contributed by atoms with van der Waals surface area (Å²) in [4.78, 5) is 24.7. The Morgan fingerprint density at radius 1 is 0.720 bits per heavy atom. The van der Waals surface area contributed by atoms with E-state index in [1.807, 2.05) is 60.7 Å². The summed E-state index contributed by atoms with van der Waals surface area (Å²) < 4.78 is 24.4. The van der Waals surface area contributed by atoms with Crippen molar-refractivity contribution in [2.24, 2.45) is 0 Å². The van der Waals surface area contributed by atoms with Crippen LogP contribution in [0.2, 0.25) is 36.3 Å². The van der Waals surface area contributed by atoms with Gasteiger partial charge in [-0.3, -0.25) is 4.79 Å². The first kappa shape index (κ1) is 40.1. The molecule has 50 heavy (non-hydrogen) atoms. The predicted molar refractivity (Wildman–Crippen MR) is 209 cm³/mol. The zero-order chi connectivity index (χ0) is 37.5. The summed E-state index contributed by atoms with van der Waals surface area (Å²) in [6, 6.07) is 19.1. The van der Waals surface area contributed by atoms with E-state index >= 15 is 0 Å². The Balaban J connectivity index is 1.99. The highest BCUT2D eigenvalue weighted by atomic mass is 28.4. The van der Waals surface area contributed by atoms with Crippen molar-refractivity contribution >= 4 is 40.7 Å². The van der Waals surface area contributed by atoms with E-state index in [2.05, 4.69) is 73.0 Å². The molecule has 0 aliphatic carbocycles. The van der Waals surface area contributed by atoms with Crippen molar-refractivity contribution in [3.63, 3.8) is 0 Å². The third-order valence-electron chi connectivity index (χ3n) is 9.78. The topological polar surface area (TPSA) is 103 Å². The summed E-state index contributed by atoms with van der Waals surface area (Å²) in [5, 5.41) is 12.4. The molecule has 0 spiro atoms. The lowest BCUT2D eigenvalue weighted by Gasteiger charge is -2.37. The van der Waals surface area contributed by atoms with Gasteiger partial charge in [-0.05, 0) is 102 Å². The molecule has 1 amide bonds. The second-order valence-electron chi connectivity index (χ2n) is 15.5. The van der Waals surface area contributed by atoms with Crippen molar-refractivity contribution in [3.8, 4) is 23.0 Å². The first-order chi connectivity index (χ1) is 23.2. The van der Waals surface area contributed by atoms with Crippen LogP contribution in [0.15, 0.2) is 72.8 Å². The number of hydrogen-bond donors (Lipinski definition) is 2. The van der Waals surface area contributed by atoms with Crippen LogP contribution in [-0.4, -0.2) is 54.4 Å². The molecule has 0 aliphatic rings. The van der Waals surface area contributed by atoms with E-state index in [9.17, 15) is 14.7 Å². The number of carbonyl (C=O) groups excluding carboxylic acids is 1. The summed E-state index contributed by atoms with van der Waals surface area (Å²) in [7, 11) is -1.09. The van der Waals surface area contributed by atoms with E-state index in [4.69, 9.17) is 18.3 Å². The van der Waals surface area contributed by atoms with Crippen LogP contribution < -0.4 is 23.6 Å². The van der Waals surface area contributed by atoms with Crippen LogP contribution in [-0.2, 0) is 9.59 Å². The Labute approximate surface area is 300 Å². The van der Waals surface area contributed by atoms with Crippen LogP contribution in [0.5, 0.6) is 23.0 Å². The number of methoxy groups -OCH3 is 2. The highest BCUT2D eigenvalue weighted by Gasteiger charge is 2.40. The molecule has 10 heteroatoms. The molecule has 2 N–H and O–H groups in total. The molecule has 0 fully saturated rings. The van der Waals surface area contributed by atoms with Crippen LogP contribution in [0.4, 0.5) is 0 Å². The normalized spacial score (nSPS) is 13.3. The van der Waals surface area contributed by atoms with Crippen LogP contribution in [0.3, 0.4) is 0 Å². The predicted octanol–water partition coefficient (Wildman–Crippen LogP) is 9.53. The molecule has 3 aromatic rings. The molecular formula is C40H55NO7Si2. The summed E-state index contributed by atoms with van der Waals surface area (Å²) in [6.07, 6.45) is 5.96. The molecular weight excluding hydrogens is 663 g/mol. The molecule has 3 rings (SSSR count). The third kappa shape index (κ3) is 10.6. The standard InChI is InChI=1S/C40H55NO7Si2/c1-39(2,3)49(9,10)47-31-19-13-28(14-20-31)16-23-37(42)41-27-33(30-18-22-35(45-7)36(26-30)46-8)32-25-29(17-24-38(43)44)15-21-34(32)48-50(11,12)40(4,5)6/h13-26,33H,27H2,1-12H3,(H,41,42)(H,43,44)/b23-16+,24-17+. The third-order valence-corrected chi connectivity index (χ3v) is 18.5. The van der Waals surface area contributed by atoms with Gasteiger partial charge in [-0.15, -0.1) is 0 Å². The maximum atomic E-state index is 13.3. The van der Waals surface area contributed by atoms with E-state index in [0.29, 0.717) is 22.8 Å². The Kier molecular flexibility index (Phi) is 13.0. The molecule has 270 valence electrons. The van der Waals surface area contributed by atoms with Gasteiger partial charge in [-0.2, -0.15) is 0 Å². The fourth-order valence-electron chi connectivity index (χ4n) is 4.64. The maximum Gasteiger partial charge on any atom is 0.328 e. The number of aliphatic carboxylic acids is 1. The number of carboxylic acid groups (broad SMARTS) is 1. The number of hydrogen-bond acceptors (Lipinski definition) is 6. The SMILES string of the molecule is COc1ccc(C(CNC(=O)/C=C/c2ccc(O[Si](C)(C)C(C)(C)C)cc2)c2cc(/C=C/C(=O)O)ccc2O[Si](C)(C)C(C)(C)C)cc1OC. The minimum absolute atomic E-state index is 0.0704. The average Bonchev–Trinajstić information content (AvgIpc) is 3.02. The van der Waals surface area contributed by atoms with Crippen molar-refractivity contribution in [3.05, 3.63) is 95.1 Å². The Morgan fingerprint density at radius 2 is 1.26 bits per heavy atom. The molecule has 0 saturated carbocycles. The Bertz CT molecular complexity index is 1700. The van der Waals surface area contributed by atoms with E-state index in [-0.39, 0.29) is 28.4 Å². The number of carboxylic acids is 1.